The molecule has 2 saturated carbocycles. The highest BCUT2D eigenvalue weighted by Crippen LogP contribution is 2.66. The van der Waals surface area contributed by atoms with E-state index in [9.17, 15) is 0 Å². The van der Waals surface area contributed by atoms with Gasteiger partial charge in [-0.05, 0) is 91.1 Å². The van der Waals surface area contributed by atoms with Crippen LogP contribution in [0.1, 0.15) is 71.3 Å². The van der Waals surface area contributed by atoms with Crippen LogP contribution in [0.25, 0.3) is 5.57 Å². The van der Waals surface area contributed by atoms with Gasteiger partial charge in [-0.15, -0.1) is 0 Å². The van der Waals surface area contributed by atoms with Gasteiger partial charge in [-0.25, -0.2) is 13.4 Å². The molecule has 3 unspecified atom stereocenters. The summed E-state index contributed by atoms with van der Waals surface area (Å²) in [5.41, 5.74) is 5.74. The van der Waals surface area contributed by atoms with E-state index in [0.717, 1.165) is 23.7 Å². The van der Waals surface area contributed by atoms with Crippen LogP contribution in [0, 0.1) is 34.5 Å². The highest BCUT2D eigenvalue weighted by molar-refractivity contribution is 7.84. The standard InChI is InChI=1S/C25H33N.CH4O3S/c1-17-10-12-24(2)19(15-17)6-7-20-22-9-8-21(18-5-4-14-26-16-18)25(22,3)13-11-23(20)24;1-5(2,3)4/h4-6,8,14,16-17,20,22-23H,7,9-13,15H2,1-3H3;1H3,(H,2,3,4)/t17-,20?,22?,23?,24-,25+;/m0./s1. The van der Waals surface area contributed by atoms with Crippen LogP contribution in [-0.2, 0) is 10.1 Å². The fourth-order valence-corrected chi connectivity index (χ4v) is 7.42. The Bertz CT molecular complexity index is 975. The Balaban J connectivity index is 0.000000418. The first-order valence-electron chi connectivity index (χ1n) is 11.8. The number of rotatable bonds is 1. The molecule has 1 N–H and O–H groups in total. The SMILES string of the molecule is CS(=O)(=O)[O-].C[C@H]1CC[C@@]2(C)C(=CCC3C2CC[C@]2(C)C(c4ccc[nH+]c4)=CCC32)C1. The molecule has 4 aliphatic carbocycles. The van der Waals surface area contributed by atoms with Crippen LogP contribution in [0.2, 0.25) is 0 Å². The van der Waals surface area contributed by atoms with Crippen LogP contribution in [0.5, 0.6) is 0 Å². The lowest BCUT2D eigenvalue weighted by Gasteiger charge is -2.58. The number of hydrogen-bond donors (Lipinski definition) is 0. The number of allylic oxidation sites excluding steroid dienone is 4. The van der Waals surface area contributed by atoms with Gasteiger partial charge in [0.05, 0.1) is 10.1 Å². The summed E-state index contributed by atoms with van der Waals surface area (Å²) in [4.78, 5) is 3.30. The van der Waals surface area contributed by atoms with E-state index in [-0.39, 0.29) is 0 Å². The highest BCUT2D eigenvalue weighted by atomic mass is 32.2. The predicted octanol–water partition coefficient (Wildman–Crippen LogP) is 5.25. The maximum Gasteiger partial charge on any atom is 0.174 e. The molecule has 4 nitrogen and oxygen atoms in total. The van der Waals surface area contributed by atoms with E-state index in [1.165, 1.54) is 50.5 Å². The van der Waals surface area contributed by atoms with Gasteiger partial charge in [0.1, 0.15) is 0 Å². The van der Waals surface area contributed by atoms with Crippen molar-refractivity contribution in [2.75, 3.05) is 6.26 Å². The van der Waals surface area contributed by atoms with Crippen molar-refractivity contribution < 1.29 is 18.0 Å². The number of H-pyrrole nitrogens is 1. The lowest BCUT2D eigenvalue weighted by atomic mass is 9.47. The van der Waals surface area contributed by atoms with E-state index in [2.05, 4.69) is 56.2 Å². The summed E-state index contributed by atoms with van der Waals surface area (Å²) in [6.07, 6.45) is 19.8. The Morgan fingerprint density at radius 1 is 1.06 bits per heavy atom. The Labute approximate surface area is 188 Å². The van der Waals surface area contributed by atoms with Crippen molar-refractivity contribution in [3.63, 3.8) is 0 Å². The van der Waals surface area contributed by atoms with Gasteiger partial charge in [-0.3, -0.25) is 0 Å². The van der Waals surface area contributed by atoms with Crippen molar-refractivity contribution in [1.29, 1.82) is 0 Å². The van der Waals surface area contributed by atoms with Crippen LogP contribution in [0.15, 0.2) is 42.3 Å². The summed E-state index contributed by atoms with van der Waals surface area (Å²) in [5.74, 6) is 3.54. The molecule has 6 atom stereocenters. The largest absolute Gasteiger partial charge is 0.748 e. The van der Waals surface area contributed by atoms with Crippen LogP contribution < -0.4 is 4.98 Å². The fraction of sp³-hybridized carbons (Fsp3) is 0.654. The third-order valence-electron chi connectivity index (χ3n) is 8.95. The van der Waals surface area contributed by atoms with Crippen LogP contribution >= 0.6 is 0 Å². The molecule has 5 heteroatoms. The summed E-state index contributed by atoms with van der Waals surface area (Å²) >= 11 is 0. The highest BCUT2D eigenvalue weighted by Gasteiger charge is 2.56. The van der Waals surface area contributed by atoms with E-state index in [1.54, 1.807) is 5.57 Å². The first-order chi connectivity index (χ1) is 14.5. The second-order valence-corrected chi connectivity index (χ2v) is 12.3. The molecule has 1 aromatic rings. The van der Waals surface area contributed by atoms with Crippen molar-refractivity contribution >= 4 is 15.7 Å². The summed E-state index contributed by atoms with van der Waals surface area (Å²) in [6, 6.07) is 4.45. The maximum atomic E-state index is 9.08. The number of aromatic nitrogens is 1. The molecule has 4 aliphatic rings. The van der Waals surface area contributed by atoms with Gasteiger partial charge in [-0.2, -0.15) is 0 Å². The topological polar surface area (TPSA) is 71.3 Å². The Morgan fingerprint density at radius 3 is 2.45 bits per heavy atom. The molecule has 0 aromatic carbocycles. The molecule has 2 fully saturated rings. The van der Waals surface area contributed by atoms with Gasteiger partial charge in [-0.1, -0.05) is 38.5 Å². The number of hydrogen-bond acceptors (Lipinski definition) is 3. The summed E-state index contributed by atoms with van der Waals surface area (Å²) in [5, 5.41) is 0. The van der Waals surface area contributed by atoms with Gasteiger partial charge in [0, 0.05) is 17.9 Å². The molecule has 31 heavy (non-hydrogen) atoms. The smallest absolute Gasteiger partial charge is 0.174 e. The third-order valence-corrected chi connectivity index (χ3v) is 8.95. The fourth-order valence-electron chi connectivity index (χ4n) is 7.42. The quantitative estimate of drug-likeness (QED) is 0.439. The number of nitrogens with one attached hydrogen (secondary N) is 1. The lowest BCUT2D eigenvalue weighted by molar-refractivity contribution is -0.378. The van der Waals surface area contributed by atoms with Crippen molar-refractivity contribution in [1.82, 2.24) is 0 Å². The van der Waals surface area contributed by atoms with Crippen molar-refractivity contribution in [2.45, 2.75) is 65.7 Å². The van der Waals surface area contributed by atoms with Crippen LogP contribution in [0.3, 0.4) is 0 Å². The van der Waals surface area contributed by atoms with E-state index in [0.29, 0.717) is 17.1 Å². The van der Waals surface area contributed by atoms with Crippen molar-refractivity contribution in [3.05, 3.63) is 47.8 Å². The van der Waals surface area contributed by atoms with Gasteiger partial charge in [0.25, 0.3) is 0 Å². The van der Waals surface area contributed by atoms with Gasteiger partial charge in [0.15, 0.2) is 12.4 Å². The molecule has 1 heterocycles. The molecule has 0 spiro atoms. The van der Waals surface area contributed by atoms with E-state index in [1.807, 2.05) is 11.8 Å². The first kappa shape index (κ1) is 22.7. The summed E-state index contributed by atoms with van der Waals surface area (Å²) in [6.45, 7) is 7.65. The lowest BCUT2D eigenvalue weighted by Crippen LogP contribution is -2.49. The second-order valence-electron chi connectivity index (χ2n) is 10.9. The minimum absolute atomic E-state index is 0.375. The molecule has 0 saturated heterocycles. The first-order valence-corrected chi connectivity index (χ1v) is 13.6. The van der Waals surface area contributed by atoms with Gasteiger partial charge >= 0.3 is 0 Å². The number of pyridine rings is 1. The van der Waals surface area contributed by atoms with Crippen LogP contribution in [-0.4, -0.2) is 19.2 Å². The molecule has 1 aromatic heterocycles. The minimum Gasteiger partial charge on any atom is -0.748 e. The van der Waals surface area contributed by atoms with E-state index < -0.39 is 10.1 Å². The molecule has 170 valence electrons. The molecule has 0 amide bonds. The maximum absolute atomic E-state index is 9.08. The molecular weight excluding hydrogens is 406 g/mol. The second kappa shape index (κ2) is 8.15. The Kier molecular flexibility index (Phi) is 5.97. The van der Waals surface area contributed by atoms with E-state index >= 15 is 0 Å². The zero-order valence-electron chi connectivity index (χ0n) is 19.4. The Hall–Kier alpha value is -1.46. The van der Waals surface area contributed by atoms with Gasteiger partial charge in [0.2, 0.25) is 0 Å². The molecule has 0 bridgehead atoms. The monoisotopic (exact) mass is 443 g/mol. The Morgan fingerprint density at radius 2 is 1.77 bits per heavy atom. The average molecular weight is 444 g/mol. The molecule has 0 radical (unpaired) electrons. The van der Waals surface area contributed by atoms with Gasteiger partial charge < -0.3 is 4.55 Å². The summed E-state index contributed by atoms with van der Waals surface area (Å²) in [7, 11) is -3.92. The number of fused-ring (bicyclic) bond motifs is 5. The van der Waals surface area contributed by atoms with Crippen molar-refractivity contribution in [2.24, 2.45) is 34.5 Å². The number of aromatic amines is 1. The minimum atomic E-state index is -3.92. The average Bonchev–Trinajstić information content (AvgIpc) is 3.05. The molecule has 0 aliphatic heterocycles. The zero-order valence-corrected chi connectivity index (χ0v) is 20.2. The summed E-state index contributed by atoms with van der Waals surface area (Å²) < 4.78 is 27.2. The third kappa shape index (κ3) is 4.28. The van der Waals surface area contributed by atoms with Crippen molar-refractivity contribution in [3.8, 4) is 0 Å². The molecule has 5 rings (SSSR count). The van der Waals surface area contributed by atoms with Crippen LogP contribution in [0.4, 0.5) is 0 Å². The molecular formula is C26H37NO3S. The normalized spacial score (nSPS) is 39.1. The van der Waals surface area contributed by atoms with E-state index in [4.69, 9.17) is 13.0 Å². The predicted molar refractivity (Wildman–Crippen MR) is 123 cm³/mol. The zero-order chi connectivity index (χ0) is 22.4.